The molecule has 0 aliphatic rings. The summed E-state index contributed by atoms with van der Waals surface area (Å²) in [5, 5.41) is 3.17. The predicted octanol–water partition coefficient (Wildman–Crippen LogP) is 1.68. The van der Waals surface area contributed by atoms with Crippen LogP contribution in [-0.4, -0.2) is 17.1 Å². The number of methoxy groups -OCH3 is 1. The third-order valence-corrected chi connectivity index (χ3v) is 2.25. The van der Waals surface area contributed by atoms with Crippen molar-refractivity contribution < 1.29 is 4.74 Å². The average molecular weight is 230 g/mol. The van der Waals surface area contributed by atoms with Crippen LogP contribution in [0.1, 0.15) is 5.56 Å². The molecule has 0 radical (unpaired) electrons. The third kappa shape index (κ3) is 3.07. The molecule has 2 rings (SSSR count). The van der Waals surface area contributed by atoms with Gasteiger partial charge < -0.3 is 15.8 Å². The van der Waals surface area contributed by atoms with Gasteiger partial charge in [0.1, 0.15) is 11.6 Å². The molecule has 0 saturated heterocycles. The van der Waals surface area contributed by atoms with Crippen molar-refractivity contribution in [2.75, 3.05) is 18.2 Å². The molecule has 0 unspecified atom stereocenters. The summed E-state index contributed by atoms with van der Waals surface area (Å²) in [5.74, 6) is 1.86. The minimum absolute atomic E-state index is 0.503. The molecule has 0 spiro atoms. The molecule has 0 amide bonds. The first-order valence-corrected chi connectivity index (χ1v) is 5.23. The van der Waals surface area contributed by atoms with E-state index in [1.807, 2.05) is 24.3 Å². The number of nitrogens with one attached hydrogen (secondary N) is 1. The monoisotopic (exact) mass is 230 g/mol. The molecule has 5 heteroatoms. The molecule has 2 heterocycles. The first-order chi connectivity index (χ1) is 8.28. The van der Waals surface area contributed by atoms with Crippen molar-refractivity contribution in [3.8, 4) is 5.88 Å². The average Bonchev–Trinajstić information content (AvgIpc) is 2.37. The Bertz CT molecular complexity index is 484. The Morgan fingerprint density at radius 1 is 1.29 bits per heavy atom. The minimum Gasteiger partial charge on any atom is -0.481 e. The van der Waals surface area contributed by atoms with Gasteiger partial charge in [0.05, 0.1) is 7.11 Å². The Labute approximate surface area is 99.7 Å². The summed E-state index contributed by atoms with van der Waals surface area (Å²) in [6, 6.07) is 9.25. The number of rotatable bonds is 4. The lowest BCUT2D eigenvalue weighted by molar-refractivity contribution is 0.397. The standard InChI is InChI=1S/C12H14N4O/c1-17-12-6-5-9(8-15-12)7-14-11-4-2-3-10(13)16-11/h2-6,8H,7H2,1H3,(H3,13,14,16). The van der Waals surface area contributed by atoms with Crippen molar-refractivity contribution in [3.05, 3.63) is 42.1 Å². The Balaban J connectivity index is 1.97. The molecule has 0 aliphatic carbocycles. The fraction of sp³-hybridized carbons (Fsp3) is 0.167. The van der Waals surface area contributed by atoms with Crippen LogP contribution in [0.5, 0.6) is 5.88 Å². The molecule has 2 aromatic rings. The number of pyridine rings is 2. The number of ether oxygens (including phenoxy) is 1. The molecule has 0 atom stereocenters. The largest absolute Gasteiger partial charge is 0.481 e. The summed E-state index contributed by atoms with van der Waals surface area (Å²) in [7, 11) is 1.59. The van der Waals surface area contributed by atoms with Crippen molar-refractivity contribution >= 4 is 11.6 Å². The highest BCUT2D eigenvalue weighted by Crippen LogP contribution is 2.10. The van der Waals surface area contributed by atoms with E-state index < -0.39 is 0 Å². The van der Waals surface area contributed by atoms with Crippen molar-refractivity contribution in [3.63, 3.8) is 0 Å². The minimum atomic E-state index is 0.503. The van der Waals surface area contributed by atoms with E-state index in [2.05, 4.69) is 15.3 Å². The Hall–Kier alpha value is -2.30. The summed E-state index contributed by atoms with van der Waals surface area (Å²) in [6.07, 6.45) is 1.76. The number of aromatic nitrogens is 2. The van der Waals surface area contributed by atoms with Crippen molar-refractivity contribution in [2.45, 2.75) is 6.54 Å². The van der Waals surface area contributed by atoms with E-state index in [1.54, 1.807) is 19.4 Å². The van der Waals surface area contributed by atoms with Gasteiger partial charge in [-0.25, -0.2) is 9.97 Å². The third-order valence-electron chi connectivity index (χ3n) is 2.25. The number of nitrogens with two attached hydrogens (primary N) is 1. The van der Waals surface area contributed by atoms with Crippen molar-refractivity contribution in [1.29, 1.82) is 0 Å². The molecular formula is C12H14N4O. The van der Waals surface area contributed by atoms with Crippen LogP contribution in [0.3, 0.4) is 0 Å². The first-order valence-electron chi connectivity index (χ1n) is 5.23. The molecule has 0 aromatic carbocycles. The van der Waals surface area contributed by atoms with Gasteiger partial charge >= 0.3 is 0 Å². The lowest BCUT2D eigenvalue weighted by Gasteiger charge is -2.06. The second kappa shape index (κ2) is 5.16. The molecule has 0 saturated carbocycles. The van der Waals surface area contributed by atoms with E-state index in [-0.39, 0.29) is 0 Å². The predicted molar refractivity (Wildman–Crippen MR) is 66.8 cm³/mol. The smallest absolute Gasteiger partial charge is 0.212 e. The van der Waals surface area contributed by atoms with Gasteiger partial charge in [0.25, 0.3) is 0 Å². The van der Waals surface area contributed by atoms with Crippen LogP contribution in [-0.2, 0) is 6.54 Å². The lowest BCUT2D eigenvalue weighted by Crippen LogP contribution is -2.03. The Kier molecular flexibility index (Phi) is 3.40. The van der Waals surface area contributed by atoms with Crippen LogP contribution in [0.15, 0.2) is 36.5 Å². The van der Waals surface area contributed by atoms with E-state index in [0.717, 1.165) is 11.4 Å². The van der Waals surface area contributed by atoms with Crippen LogP contribution in [0, 0.1) is 0 Å². The zero-order valence-electron chi connectivity index (χ0n) is 9.55. The SMILES string of the molecule is COc1ccc(CNc2cccc(N)n2)cn1. The number of anilines is 2. The Morgan fingerprint density at radius 2 is 2.18 bits per heavy atom. The maximum atomic E-state index is 5.59. The van der Waals surface area contributed by atoms with Gasteiger partial charge in [-0.3, -0.25) is 0 Å². The normalized spacial score (nSPS) is 9.94. The number of nitrogens with zero attached hydrogens (tertiary/aromatic N) is 2. The summed E-state index contributed by atoms with van der Waals surface area (Å²) >= 11 is 0. The van der Waals surface area contributed by atoms with E-state index in [1.165, 1.54) is 0 Å². The van der Waals surface area contributed by atoms with Crippen LogP contribution >= 0.6 is 0 Å². The molecule has 0 bridgehead atoms. The fourth-order valence-corrected chi connectivity index (χ4v) is 1.38. The van der Waals surface area contributed by atoms with Gasteiger partial charge in [0, 0.05) is 18.8 Å². The highest BCUT2D eigenvalue weighted by atomic mass is 16.5. The van der Waals surface area contributed by atoms with Gasteiger partial charge in [-0.2, -0.15) is 0 Å². The highest BCUT2D eigenvalue weighted by Gasteiger charge is 1.97. The molecule has 2 aromatic heterocycles. The van der Waals surface area contributed by atoms with Gasteiger partial charge in [-0.05, 0) is 17.7 Å². The van der Waals surface area contributed by atoms with Crippen molar-refractivity contribution in [2.24, 2.45) is 0 Å². The quantitative estimate of drug-likeness (QED) is 0.836. The molecule has 88 valence electrons. The van der Waals surface area contributed by atoms with E-state index >= 15 is 0 Å². The lowest BCUT2D eigenvalue weighted by atomic mass is 10.3. The zero-order chi connectivity index (χ0) is 12.1. The molecule has 17 heavy (non-hydrogen) atoms. The number of hydrogen-bond acceptors (Lipinski definition) is 5. The molecule has 0 fully saturated rings. The maximum Gasteiger partial charge on any atom is 0.212 e. The summed E-state index contributed by atoms with van der Waals surface area (Å²) in [5.41, 5.74) is 6.64. The van der Waals surface area contributed by atoms with Crippen LogP contribution in [0.2, 0.25) is 0 Å². The van der Waals surface area contributed by atoms with Gasteiger partial charge in [-0.1, -0.05) is 12.1 Å². The fourth-order valence-electron chi connectivity index (χ4n) is 1.38. The molecule has 3 N–H and O–H groups in total. The zero-order valence-corrected chi connectivity index (χ0v) is 9.55. The second-order valence-corrected chi connectivity index (χ2v) is 3.51. The Morgan fingerprint density at radius 3 is 2.82 bits per heavy atom. The van der Waals surface area contributed by atoms with Gasteiger partial charge in [0.15, 0.2) is 0 Å². The molecular weight excluding hydrogens is 216 g/mol. The van der Waals surface area contributed by atoms with Gasteiger partial charge in [0.2, 0.25) is 5.88 Å². The van der Waals surface area contributed by atoms with E-state index in [4.69, 9.17) is 10.5 Å². The number of nitrogen functional groups attached to an aromatic ring is 1. The van der Waals surface area contributed by atoms with E-state index in [9.17, 15) is 0 Å². The van der Waals surface area contributed by atoms with E-state index in [0.29, 0.717) is 18.2 Å². The van der Waals surface area contributed by atoms with Crippen molar-refractivity contribution in [1.82, 2.24) is 9.97 Å². The molecule has 0 aliphatic heterocycles. The second-order valence-electron chi connectivity index (χ2n) is 3.51. The van der Waals surface area contributed by atoms with Gasteiger partial charge in [-0.15, -0.1) is 0 Å². The number of hydrogen-bond donors (Lipinski definition) is 2. The highest BCUT2D eigenvalue weighted by molar-refractivity contribution is 5.42. The van der Waals surface area contributed by atoms with Crippen LogP contribution in [0.4, 0.5) is 11.6 Å². The van der Waals surface area contributed by atoms with Crippen LogP contribution in [0.25, 0.3) is 0 Å². The summed E-state index contributed by atoms with van der Waals surface area (Å²) < 4.78 is 4.99. The first kappa shape index (κ1) is 11.2. The summed E-state index contributed by atoms with van der Waals surface area (Å²) in [6.45, 7) is 0.646. The maximum absolute atomic E-state index is 5.59. The topological polar surface area (TPSA) is 73.1 Å². The van der Waals surface area contributed by atoms with Crippen LogP contribution < -0.4 is 15.8 Å². The summed E-state index contributed by atoms with van der Waals surface area (Å²) in [4.78, 5) is 8.26. The molecule has 5 nitrogen and oxygen atoms in total.